The Balaban J connectivity index is 1.71. The first-order valence-electron chi connectivity index (χ1n) is 8.67. The van der Waals surface area contributed by atoms with Crippen LogP contribution >= 0.6 is 0 Å². The number of aliphatic hydroxyl groups is 2. The van der Waals surface area contributed by atoms with E-state index in [0.717, 1.165) is 38.5 Å². The summed E-state index contributed by atoms with van der Waals surface area (Å²) in [5, 5.41) is 21.5. The molecule has 0 aromatic heterocycles. The van der Waals surface area contributed by atoms with Crippen molar-refractivity contribution in [2.45, 2.75) is 81.8 Å². The Morgan fingerprint density at radius 1 is 1.05 bits per heavy atom. The molecule has 0 aliphatic heterocycles. The lowest BCUT2D eigenvalue weighted by atomic mass is 9.76. The van der Waals surface area contributed by atoms with E-state index in [2.05, 4.69) is 24.3 Å². The van der Waals surface area contributed by atoms with Crippen LogP contribution in [0.15, 0.2) is 24.3 Å². The van der Waals surface area contributed by atoms with Gasteiger partial charge < -0.3 is 10.2 Å². The highest BCUT2D eigenvalue weighted by Gasteiger charge is 2.37. The summed E-state index contributed by atoms with van der Waals surface area (Å²) >= 11 is 0. The quantitative estimate of drug-likeness (QED) is 0.827. The van der Waals surface area contributed by atoms with Gasteiger partial charge in [0.15, 0.2) is 0 Å². The SMILES string of the molecule is OC(CC1CCCc2ccccc21)C1(O)CCCCCC1. The summed E-state index contributed by atoms with van der Waals surface area (Å²) in [5.41, 5.74) is 2.00. The Bertz CT molecular complexity index is 460. The van der Waals surface area contributed by atoms with Crippen molar-refractivity contribution in [3.05, 3.63) is 35.4 Å². The van der Waals surface area contributed by atoms with Gasteiger partial charge in [-0.15, -0.1) is 0 Å². The molecule has 0 spiro atoms. The Labute approximate surface area is 128 Å². The first-order chi connectivity index (χ1) is 10.2. The normalized spacial score (nSPS) is 26.7. The summed E-state index contributed by atoms with van der Waals surface area (Å²) in [6.07, 6.45) is 9.67. The molecule has 2 N–H and O–H groups in total. The summed E-state index contributed by atoms with van der Waals surface area (Å²) in [7, 11) is 0. The summed E-state index contributed by atoms with van der Waals surface area (Å²) in [6, 6.07) is 8.64. The van der Waals surface area contributed by atoms with Gasteiger partial charge >= 0.3 is 0 Å². The van der Waals surface area contributed by atoms with Crippen molar-refractivity contribution in [2.75, 3.05) is 0 Å². The summed E-state index contributed by atoms with van der Waals surface area (Å²) < 4.78 is 0. The fourth-order valence-corrected chi connectivity index (χ4v) is 4.26. The minimum atomic E-state index is -0.844. The average Bonchev–Trinajstić information content (AvgIpc) is 2.73. The van der Waals surface area contributed by atoms with Crippen molar-refractivity contribution in [1.82, 2.24) is 0 Å². The minimum absolute atomic E-state index is 0.414. The zero-order chi connectivity index (χ0) is 14.7. The van der Waals surface area contributed by atoms with E-state index in [0.29, 0.717) is 12.3 Å². The van der Waals surface area contributed by atoms with Gasteiger partial charge in [-0.25, -0.2) is 0 Å². The molecule has 2 atom stereocenters. The maximum absolute atomic E-state index is 10.8. The first-order valence-corrected chi connectivity index (χ1v) is 8.67. The predicted molar refractivity (Wildman–Crippen MR) is 85.4 cm³/mol. The van der Waals surface area contributed by atoms with Crippen molar-refractivity contribution >= 4 is 0 Å². The molecule has 0 saturated heterocycles. The van der Waals surface area contributed by atoms with E-state index in [1.54, 1.807) is 0 Å². The standard InChI is InChI=1S/C19H28O2/c20-18(19(21)12-5-1-2-6-13-19)14-16-10-7-9-15-8-3-4-11-17(15)16/h3-4,8,11,16,18,20-21H,1-2,5-7,9-10,12-14H2. The summed E-state index contributed by atoms with van der Waals surface area (Å²) in [4.78, 5) is 0. The Kier molecular flexibility index (Phi) is 4.66. The summed E-state index contributed by atoms with van der Waals surface area (Å²) in [5.74, 6) is 0.414. The van der Waals surface area contributed by atoms with Gasteiger partial charge in [-0.3, -0.25) is 0 Å². The smallest absolute Gasteiger partial charge is 0.0905 e. The van der Waals surface area contributed by atoms with Gasteiger partial charge in [0.25, 0.3) is 0 Å². The molecule has 1 aromatic carbocycles. The summed E-state index contributed by atoms with van der Waals surface area (Å²) in [6.45, 7) is 0. The number of aliphatic hydroxyl groups excluding tert-OH is 1. The fraction of sp³-hybridized carbons (Fsp3) is 0.684. The number of rotatable bonds is 3. The molecule has 2 aliphatic rings. The van der Waals surface area contributed by atoms with Gasteiger partial charge in [0, 0.05) is 0 Å². The molecule has 0 radical (unpaired) electrons. The van der Waals surface area contributed by atoms with E-state index >= 15 is 0 Å². The fourth-order valence-electron chi connectivity index (χ4n) is 4.26. The average molecular weight is 288 g/mol. The molecule has 21 heavy (non-hydrogen) atoms. The highest BCUT2D eigenvalue weighted by molar-refractivity contribution is 5.32. The van der Waals surface area contributed by atoms with Crippen molar-refractivity contribution in [1.29, 1.82) is 0 Å². The third-order valence-electron chi connectivity index (χ3n) is 5.59. The lowest BCUT2D eigenvalue weighted by Crippen LogP contribution is -2.42. The molecule has 2 heteroatoms. The lowest BCUT2D eigenvalue weighted by molar-refractivity contribution is -0.0901. The van der Waals surface area contributed by atoms with Crippen LogP contribution in [0.1, 0.15) is 74.8 Å². The molecule has 116 valence electrons. The van der Waals surface area contributed by atoms with Gasteiger partial charge in [0.1, 0.15) is 0 Å². The second-order valence-corrected chi connectivity index (χ2v) is 7.06. The van der Waals surface area contributed by atoms with Crippen LogP contribution in [-0.4, -0.2) is 21.9 Å². The number of fused-ring (bicyclic) bond motifs is 1. The van der Waals surface area contributed by atoms with Gasteiger partial charge in [0.2, 0.25) is 0 Å². The zero-order valence-corrected chi connectivity index (χ0v) is 12.9. The molecular formula is C19H28O2. The topological polar surface area (TPSA) is 40.5 Å². The van der Waals surface area contributed by atoms with Crippen LogP contribution in [-0.2, 0) is 6.42 Å². The van der Waals surface area contributed by atoms with Crippen LogP contribution in [0.4, 0.5) is 0 Å². The van der Waals surface area contributed by atoms with E-state index in [-0.39, 0.29) is 0 Å². The second kappa shape index (κ2) is 6.50. The Morgan fingerprint density at radius 3 is 2.52 bits per heavy atom. The molecule has 1 saturated carbocycles. The highest BCUT2D eigenvalue weighted by Crippen LogP contribution is 2.39. The van der Waals surface area contributed by atoms with Crippen molar-refractivity contribution in [2.24, 2.45) is 0 Å². The molecular weight excluding hydrogens is 260 g/mol. The largest absolute Gasteiger partial charge is 0.390 e. The lowest BCUT2D eigenvalue weighted by Gasteiger charge is -2.36. The molecule has 0 bridgehead atoms. The molecule has 2 aliphatic carbocycles. The van der Waals surface area contributed by atoms with Crippen LogP contribution in [0, 0.1) is 0 Å². The molecule has 3 rings (SSSR count). The third kappa shape index (κ3) is 3.32. The molecule has 1 aromatic rings. The molecule has 2 nitrogen and oxygen atoms in total. The third-order valence-corrected chi connectivity index (χ3v) is 5.59. The van der Waals surface area contributed by atoms with E-state index in [4.69, 9.17) is 0 Å². The number of aryl methyl sites for hydroxylation is 1. The van der Waals surface area contributed by atoms with Crippen molar-refractivity contribution in [3.8, 4) is 0 Å². The van der Waals surface area contributed by atoms with E-state index < -0.39 is 11.7 Å². The van der Waals surface area contributed by atoms with Crippen LogP contribution in [0.2, 0.25) is 0 Å². The van der Waals surface area contributed by atoms with Gasteiger partial charge in [-0.2, -0.15) is 0 Å². The second-order valence-electron chi connectivity index (χ2n) is 7.06. The predicted octanol–water partition coefficient (Wildman–Crippen LogP) is 3.94. The van der Waals surface area contributed by atoms with Crippen LogP contribution in [0.25, 0.3) is 0 Å². The van der Waals surface area contributed by atoms with Gasteiger partial charge in [-0.05, 0) is 55.6 Å². The van der Waals surface area contributed by atoms with Gasteiger partial charge in [-0.1, -0.05) is 49.9 Å². The number of hydrogen-bond acceptors (Lipinski definition) is 2. The van der Waals surface area contributed by atoms with Crippen molar-refractivity contribution in [3.63, 3.8) is 0 Å². The molecule has 0 heterocycles. The monoisotopic (exact) mass is 288 g/mol. The van der Waals surface area contributed by atoms with E-state index in [1.807, 2.05) is 0 Å². The Morgan fingerprint density at radius 2 is 1.76 bits per heavy atom. The molecule has 2 unspecified atom stereocenters. The zero-order valence-electron chi connectivity index (χ0n) is 12.9. The highest BCUT2D eigenvalue weighted by atomic mass is 16.3. The Hall–Kier alpha value is -0.860. The first kappa shape index (κ1) is 15.1. The maximum Gasteiger partial charge on any atom is 0.0905 e. The van der Waals surface area contributed by atoms with Crippen LogP contribution in [0.3, 0.4) is 0 Å². The molecule has 1 fully saturated rings. The van der Waals surface area contributed by atoms with Crippen LogP contribution < -0.4 is 0 Å². The van der Waals surface area contributed by atoms with Crippen molar-refractivity contribution < 1.29 is 10.2 Å². The van der Waals surface area contributed by atoms with Crippen LogP contribution in [0.5, 0.6) is 0 Å². The minimum Gasteiger partial charge on any atom is -0.390 e. The van der Waals surface area contributed by atoms with Gasteiger partial charge in [0.05, 0.1) is 11.7 Å². The maximum atomic E-state index is 10.8. The number of hydrogen-bond donors (Lipinski definition) is 2. The van der Waals surface area contributed by atoms with E-state index in [9.17, 15) is 10.2 Å². The number of benzene rings is 1. The van der Waals surface area contributed by atoms with E-state index in [1.165, 1.54) is 30.4 Å². The molecule has 0 amide bonds.